The Balaban J connectivity index is 2.18. The maximum Gasteiger partial charge on any atom is 0.126 e. The summed E-state index contributed by atoms with van der Waals surface area (Å²) in [7, 11) is 1.83. The van der Waals surface area contributed by atoms with Crippen molar-refractivity contribution in [2.75, 3.05) is 0 Å². The lowest BCUT2D eigenvalue weighted by molar-refractivity contribution is 0.529. The van der Waals surface area contributed by atoms with E-state index in [-0.39, 0.29) is 11.9 Å². The lowest BCUT2D eigenvalue weighted by Gasteiger charge is -2.14. The number of hydrogen-bond acceptors (Lipinski definition) is 3. The van der Waals surface area contributed by atoms with Crippen LogP contribution in [0.15, 0.2) is 36.7 Å². The molecule has 2 aromatic rings. The molecule has 0 aliphatic rings. The average molecular weight is 234 g/mol. The molecule has 4 nitrogen and oxygen atoms in total. The minimum atomic E-state index is -0.211. The van der Waals surface area contributed by atoms with E-state index in [4.69, 9.17) is 5.84 Å². The fourth-order valence-corrected chi connectivity index (χ4v) is 1.78. The Morgan fingerprint density at radius 2 is 2.24 bits per heavy atom. The van der Waals surface area contributed by atoms with Crippen LogP contribution in [0.2, 0.25) is 0 Å². The van der Waals surface area contributed by atoms with Crippen LogP contribution in [0.25, 0.3) is 0 Å². The van der Waals surface area contributed by atoms with E-state index in [0.29, 0.717) is 12.0 Å². The SMILES string of the molecule is Cn1cc(C(Cc2ccccc2F)NN)cn1. The number of nitrogens with zero attached hydrogens (tertiary/aromatic N) is 2. The van der Waals surface area contributed by atoms with Gasteiger partial charge in [0.05, 0.1) is 12.2 Å². The number of rotatable bonds is 4. The van der Waals surface area contributed by atoms with Gasteiger partial charge in [-0.1, -0.05) is 18.2 Å². The summed E-state index contributed by atoms with van der Waals surface area (Å²) in [5, 5.41) is 4.08. The zero-order chi connectivity index (χ0) is 12.3. The van der Waals surface area contributed by atoms with Crippen molar-refractivity contribution in [2.45, 2.75) is 12.5 Å². The summed E-state index contributed by atoms with van der Waals surface area (Å²) in [6.45, 7) is 0. The van der Waals surface area contributed by atoms with E-state index >= 15 is 0 Å². The van der Waals surface area contributed by atoms with Crippen LogP contribution in [0.3, 0.4) is 0 Å². The van der Waals surface area contributed by atoms with Gasteiger partial charge < -0.3 is 0 Å². The first-order chi connectivity index (χ1) is 8.20. The summed E-state index contributed by atoms with van der Waals surface area (Å²) in [6.07, 6.45) is 4.09. The Labute approximate surface area is 99.2 Å². The van der Waals surface area contributed by atoms with Crippen LogP contribution < -0.4 is 11.3 Å². The third-order valence-corrected chi connectivity index (χ3v) is 2.71. The third kappa shape index (κ3) is 2.69. The molecule has 1 heterocycles. The second-order valence-electron chi connectivity index (χ2n) is 3.96. The van der Waals surface area contributed by atoms with E-state index in [0.717, 1.165) is 5.56 Å². The Morgan fingerprint density at radius 1 is 1.47 bits per heavy atom. The van der Waals surface area contributed by atoms with E-state index in [2.05, 4.69) is 10.5 Å². The quantitative estimate of drug-likeness (QED) is 0.619. The molecule has 0 amide bonds. The van der Waals surface area contributed by atoms with E-state index in [1.54, 1.807) is 23.0 Å². The van der Waals surface area contributed by atoms with Gasteiger partial charge in [0.15, 0.2) is 0 Å². The molecule has 0 aliphatic carbocycles. The highest BCUT2D eigenvalue weighted by atomic mass is 19.1. The second-order valence-corrected chi connectivity index (χ2v) is 3.96. The number of halogens is 1. The zero-order valence-electron chi connectivity index (χ0n) is 9.60. The van der Waals surface area contributed by atoms with Gasteiger partial charge in [0, 0.05) is 18.8 Å². The van der Waals surface area contributed by atoms with Crippen LogP contribution in [-0.4, -0.2) is 9.78 Å². The van der Waals surface area contributed by atoms with E-state index in [9.17, 15) is 4.39 Å². The van der Waals surface area contributed by atoms with Gasteiger partial charge in [0.25, 0.3) is 0 Å². The van der Waals surface area contributed by atoms with E-state index in [1.165, 1.54) is 6.07 Å². The maximum absolute atomic E-state index is 13.5. The Kier molecular flexibility index (Phi) is 3.51. The molecule has 1 atom stereocenters. The standard InChI is InChI=1S/C12H15FN4/c1-17-8-10(7-15-17)12(16-14)6-9-4-2-3-5-11(9)13/h2-5,7-8,12,16H,6,14H2,1H3. The van der Waals surface area contributed by atoms with Crippen molar-refractivity contribution >= 4 is 0 Å². The molecule has 1 aromatic carbocycles. The molecule has 2 rings (SSSR count). The molecular formula is C12H15FN4. The fourth-order valence-electron chi connectivity index (χ4n) is 1.78. The number of aromatic nitrogens is 2. The number of benzene rings is 1. The number of aryl methyl sites for hydroxylation is 1. The molecule has 0 spiro atoms. The molecule has 17 heavy (non-hydrogen) atoms. The molecule has 1 aromatic heterocycles. The predicted octanol–water partition coefficient (Wildman–Crippen LogP) is 1.31. The van der Waals surface area contributed by atoms with E-state index < -0.39 is 0 Å². The predicted molar refractivity (Wildman–Crippen MR) is 63.4 cm³/mol. The summed E-state index contributed by atoms with van der Waals surface area (Å²) in [5.74, 6) is 5.29. The molecule has 5 heteroatoms. The molecule has 3 N–H and O–H groups in total. The highest BCUT2D eigenvalue weighted by molar-refractivity contribution is 5.21. The fraction of sp³-hybridized carbons (Fsp3) is 0.250. The molecule has 0 fully saturated rings. The maximum atomic E-state index is 13.5. The van der Waals surface area contributed by atoms with Crippen molar-refractivity contribution in [1.82, 2.24) is 15.2 Å². The van der Waals surface area contributed by atoms with Gasteiger partial charge in [-0.05, 0) is 18.1 Å². The highest BCUT2D eigenvalue weighted by Crippen LogP contribution is 2.18. The lowest BCUT2D eigenvalue weighted by atomic mass is 10.0. The molecular weight excluding hydrogens is 219 g/mol. The number of nitrogens with two attached hydrogens (primary N) is 1. The summed E-state index contributed by atoms with van der Waals surface area (Å²) in [4.78, 5) is 0. The van der Waals surface area contributed by atoms with Crippen molar-refractivity contribution in [3.05, 3.63) is 53.6 Å². The lowest BCUT2D eigenvalue weighted by Crippen LogP contribution is -2.29. The van der Waals surface area contributed by atoms with Gasteiger partial charge in [0.1, 0.15) is 5.82 Å². The van der Waals surface area contributed by atoms with Gasteiger partial charge in [-0.25, -0.2) is 4.39 Å². The minimum Gasteiger partial charge on any atom is -0.275 e. The number of hydrogen-bond donors (Lipinski definition) is 2. The van der Waals surface area contributed by atoms with Crippen LogP contribution in [0.5, 0.6) is 0 Å². The van der Waals surface area contributed by atoms with Crippen LogP contribution in [0.1, 0.15) is 17.2 Å². The van der Waals surface area contributed by atoms with Crippen molar-refractivity contribution in [2.24, 2.45) is 12.9 Å². The first kappa shape index (κ1) is 11.8. The first-order valence-corrected chi connectivity index (χ1v) is 5.39. The van der Waals surface area contributed by atoms with Crippen molar-refractivity contribution in [3.63, 3.8) is 0 Å². The molecule has 0 saturated heterocycles. The van der Waals surface area contributed by atoms with Crippen LogP contribution in [-0.2, 0) is 13.5 Å². The number of hydrazine groups is 1. The average Bonchev–Trinajstić information content (AvgIpc) is 2.75. The monoisotopic (exact) mass is 234 g/mol. The molecule has 1 unspecified atom stereocenters. The largest absolute Gasteiger partial charge is 0.275 e. The zero-order valence-corrected chi connectivity index (χ0v) is 9.60. The van der Waals surface area contributed by atoms with E-state index in [1.807, 2.05) is 19.3 Å². The van der Waals surface area contributed by atoms with Gasteiger partial charge in [-0.3, -0.25) is 16.0 Å². The summed E-state index contributed by atoms with van der Waals surface area (Å²) in [6, 6.07) is 6.56. The van der Waals surface area contributed by atoms with Gasteiger partial charge in [-0.2, -0.15) is 5.10 Å². The summed E-state index contributed by atoms with van der Waals surface area (Å²) < 4.78 is 15.2. The van der Waals surface area contributed by atoms with Gasteiger partial charge in [-0.15, -0.1) is 0 Å². The van der Waals surface area contributed by atoms with Crippen LogP contribution >= 0.6 is 0 Å². The smallest absolute Gasteiger partial charge is 0.126 e. The molecule has 0 bridgehead atoms. The highest BCUT2D eigenvalue weighted by Gasteiger charge is 2.14. The summed E-state index contributed by atoms with van der Waals surface area (Å²) >= 11 is 0. The first-order valence-electron chi connectivity index (χ1n) is 5.39. The minimum absolute atomic E-state index is 0.138. The molecule has 0 radical (unpaired) electrons. The van der Waals surface area contributed by atoms with Gasteiger partial charge >= 0.3 is 0 Å². The topological polar surface area (TPSA) is 55.9 Å². The molecule has 0 aliphatic heterocycles. The molecule has 0 saturated carbocycles. The Hall–Kier alpha value is -1.72. The van der Waals surface area contributed by atoms with Crippen LogP contribution in [0, 0.1) is 5.82 Å². The van der Waals surface area contributed by atoms with Crippen molar-refractivity contribution in [1.29, 1.82) is 0 Å². The van der Waals surface area contributed by atoms with Crippen LogP contribution in [0.4, 0.5) is 4.39 Å². The normalized spacial score (nSPS) is 12.6. The number of nitrogens with one attached hydrogen (secondary N) is 1. The van der Waals surface area contributed by atoms with Crippen molar-refractivity contribution < 1.29 is 4.39 Å². The Morgan fingerprint density at radius 3 is 2.82 bits per heavy atom. The summed E-state index contributed by atoms with van der Waals surface area (Å²) in [5.41, 5.74) is 4.27. The van der Waals surface area contributed by atoms with Gasteiger partial charge in [0.2, 0.25) is 0 Å². The second kappa shape index (κ2) is 5.07. The Bertz CT molecular complexity index is 495. The third-order valence-electron chi connectivity index (χ3n) is 2.71. The molecule has 90 valence electrons. The van der Waals surface area contributed by atoms with Crippen molar-refractivity contribution in [3.8, 4) is 0 Å².